The van der Waals surface area contributed by atoms with Crippen molar-refractivity contribution < 1.29 is 14.3 Å². The van der Waals surface area contributed by atoms with Crippen molar-refractivity contribution in [2.75, 3.05) is 38.8 Å². The smallest absolute Gasteiger partial charge is 0.254 e. The van der Waals surface area contributed by atoms with Crippen molar-refractivity contribution in [3.8, 4) is 11.5 Å². The minimum Gasteiger partial charge on any atom is -0.493 e. The van der Waals surface area contributed by atoms with Crippen molar-refractivity contribution in [2.45, 2.75) is 12.5 Å². The number of methoxy groups -OCH3 is 2. The van der Waals surface area contributed by atoms with E-state index in [0.29, 0.717) is 23.1 Å². The summed E-state index contributed by atoms with van der Waals surface area (Å²) in [6.45, 7) is 2.36. The van der Waals surface area contributed by atoms with E-state index in [1.807, 2.05) is 4.90 Å². The van der Waals surface area contributed by atoms with E-state index in [-0.39, 0.29) is 5.91 Å². The number of hydrogen-bond donors (Lipinski definition) is 0. The van der Waals surface area contributed by atoms with Crippen molar-refractivity contribution in [1.29, 1.82) is 0 Å². The third-order valence-electron chi connectivity index (χ3n) is 5.16. The van der Waals surface area contributed by atoms with E-state index >= 15 is 0 Å². The molecule has 5 heteroatoms. The van der Waals surface area contributed by atoms with Crippen LogP contribution in [0.15, 0.2) is 42.5 Å². The Morgan fingerprint density at radius 1 is 1.04 bits per heavy atom. The van der Waals surface area contributed by atoms with E-state index in [2.05, 4.69) is 29.2 Å². The van der Waals surface area contributed by atoms with Gasteiger partial charge in [-0.05, 0) is 36.2 Å². The summed E-state index contributed by atoms with van der Waals surface area (Å²) in [6, 6.07) is 14.3. The Bertz CT molecular complexity index is 805. The van der Waals surface area contributed by atoms with Gasteiger partial charge in [0.2, 0.25) is 0 Å². The minimum absolute atomic E-state index is 0.0524. The first kappa shape index (κ1) is 15.8. The van der Waals surface area contributed by atoms with Crippen molar-refractivity contribution >= 4 is 11.6 Å². The van der Waals surface area contributed by atoms with E-state index in [9.17, 15) is 4.79 Å². The molecule has 5 nitrogen and oxygen atoms in total. The second kappa shape index (κ2) is 6.31. The molecule has 2 aromatic rings. The van der Waals surface area contributed by atoms with E-state index in [0.717, 1.165) is 26.1 Å². The maximum absolute atomic E-state index is 12.9. The van der Waals surface area contributed by atoms with Crippen molar-refractivity contribution in [2.24, 2.45) is 0 Å². The van der Waals surface area contributed by atoms with Gasteiger partial charge in [-0.25, -0.2) is 0 Å². The summed E-state index contributed by atoms with van der Waals surface area (Å²) in [7, 11) is 3.18. The average Bonchev–Trinajstić information content (AvgIpc) is 3.04. The molecule has 2 aliphatic heterocycles. The summed E-state index contributed by atoms with van der Waals surface area (Å²) >= 11 is 0. The number of carbonyl (C=O) groups excluding carboxylic acids is 1. The Kier molecular flexibility index (Phi) is 3.99. The molecule has 0 saturated carbocycles. The highest BCUT2D eigenvalue weighted by Crippen LogP contribution is 2.34. The number of rotatable bonds is 3. The van der Waals surface area contributed by atoms with Crippen LogP contribution in [-0.4, -0.2) is 50.7 Å². The SMILES string of the molecule is COc1ccc(C(=O)N2CCN3c4ccccc4CC3C2)cc1OC. The number of benzene rings is 2. The Balaban J connectivity index is 1.52. The lowest BCUT2D eigenvalue weighted by Gasteiger charge is -2.39. The van der Waals surface area contributed by atoms with Crippen LogP contribution in [0.5, 0.6) is 11.5 Å². The number of para-hydroxylation sites is 1. The van der Waals surface area contributed by atoms with Crippen molar-refractivity contribution in [1.82, 2.24) is 4.90 Å². The molecule has 0 aliphatic carbocycles. The van der Waals surface area contributed by atoms with Crippen LogP contribution in [0.25, 0.3) is 0 Å². The summed E-state index contributed by atoms with van der Waals surface area (Å²) < 4.78 is 10.6. The van der Waals surface area contributed by atoms with Gasteiger partial charge in [0.05, 0.1) is 20.3 Å². The van der Waals surface area contributed by atoms with Crippen LogP contribution in [0.3, 0.4) is 0 Å². The Morgan fingerprint density at radius 3 is 2.64 bits per heavy atom. The molecule has 1 saturated heterocycles. The molecule has 0 aromatic heterocycles. The summed E-state index contributed by atoms with van der Waals surface area (Å²) in [5.41, 5.74) is 3.35. The molecule has 1 unspecified atom stereocenters. The van der Waals surface area contributed by atoms with Gasteiger partial charge in [-0.15, -0.1) is 0 Å². The Labute approximate surface area is 147 Å². The second-order valence-electron chi connectivity index (χ2n) is 6.50. The monoisotopic (exact) mass is 338 g/mol. The number of carbonyl (C=O) groups is 1. The zero-order chi connectivity index (χ0) is 17.4. The van der Waals surface area contributed by atoms with E-state index in [1.165, 1.54) is 11.3 Å². The number of fused-ring (bicyclic) bond motifs is 3. The fourth-order valence-electron chi connectivity index (χ4n) is 3.90. The maximum Gasteiger partial charge on any atom is 0.254 e. The molecule has 1 fully saturated rings. The highest BCUT2D eigenvalue weighted by molar-refractivity contribution is 5.95. The highest BCUT2D eigenvalue weighted by atomic mass is 16.5. The molecular weight excluding hydrogens is 316 g/mol. The van der Waals surface area contributed by atoms with E-state index in [1.54, 1.807) is 32.4 Å². The molecule has 1 atom stereocenters. The van der Waals surface area contributed by atoms with Gasteiger partial charge >= 0.3 is 0 Å². The summed E-state index contributed by atoms with van der Waals surface area (Å²) in [6.07, 6.45) is 1.01. The molecule has 4 rings (SSSR count). The maximum atomic E-state index is 12.9. The van der Waals surface area contributed by atoms with Crippen LogP contribution in [0.2, 0.25) is 0 Å². The van der Waals surface area contributed by atoms with Gasteiger partial charge in [0.1, 0.15) is 0 Å². The predicted octanol–water partition coefficient (Wildman–Crippen LogP) is 2.59. The number of anilines is 1. The number of hydrogen-bond acceptors (Lipinski definition) is 4. The average molecular weight is 338 g/mol. The molecule has 2 aromatic carbocycles. The zero-order valence-corrected chi connectivity index (χ0v) is 14.6. The quantitative estimate of drug-likeness (QED) is 0.863. The number of nitrogens with zero attached hydrogens (tertiary/aromatic N) is 2. The molecule has 130 valence electrons. The van der Waals surface area contributed by atoms with Gasteiger partial charge in [-0.2, -0.15) is 0 Å². The van der Waals surface area contributed by atoms with Crippen LogP contribution >= 0.6 is 0 Å². The van der Waals surface area contributed by atoms with Crippen molar-refractivity contribution in [3.63, 3.8) is 0 Å². The molecule has 1 amide bonds. The predicted molar refractivity (Wildman–Crippen MR) is 96.7 cm³/mol. The van der Waals surface area contributed by atoms with Crippen LogP contribution in [-0.2, 0) is 6.42 Å². The topological polar surface area (TPSA) is 42.0 Å². The van der Waals surface area contributed by atoms with Crippen LogP contribution < -0.4 is 14.4 Å². The second-order valence-corrected chi connectivity index (χ2v) is 6.50. The third kappa shape index (κ3) is 2.69. The molecule has 2 heterocycles. The first-order valence-corrected chi connectivity index (χ1v) is 8.57. The van der Waals surface area contributed by atoms with Crippen molar-refractivity contribution in [3.05, 3.63) is 53.6 Å². The van der Waals surface area contributed by atoms with Gasteiger partial charge in [-0.1, -0.05) is 18.2 Å². The lowest BCUT2D eigenvalue weighted by Crippen LogP contribution is -2.53. The van der Waals surface area contributed by atoms with Gasteiger partial charge in [0, 0.05) is 30.9 Å². The summed E-state index contributed by atoms with van der Waals surface area (Å²) in [5, 5.41) is 0. The molecule has 0 bridgehead atoms. The van der Waals surface area contributed by atoms with Gasteiger partial charge in [-0.3, -0.25) is 4.79 Å². The standard InChI is InChI=1S/C20H22N2O3/c1-24-18-8-7-15(12-19(18)25-2)20(23)21-9-10-22-16(13-21)11-14-5-3-4-6-17(14)22/h3-8,12,16H,9-11,13H2,1-2H3. The van der Waals surface area contributed by atoms with Gasteiger partial charge in [0.15, 0.2) is 11.5 Å². The van der Waals surface area contributed by atoms with E-state index < -0.39 is 0 Å². The van der Waals surface area contributed by atoms with Crippen LogP contribution in [0, 0.1) is 0 Å². The van der Waals surface area contributed by atoms with E-state index in [4.69, 9.17) is 9.47 Å². The third-order valence-corrected chi connectivity index (χ3v) is 5.16. The summed E-state index contributed by atoms with van der Waals surface area (Å²) in [4.78, 5) is 17.3. The van der Waals surface area contributed by atoms with Crippen LogP contribution in [0.1, 0.15) is 15.9 Å². The van der Waals surface area contributed by atoms with Gasteiger partial charge in [0.25, 0.3) is 5.91 Å². The minimum atomic E-state index is 0.0524. The molecule has 0 N–H and O–H groups in total. The number of ether oxygens (including phenoxy) is 2. The van der Waals surface area contributed by atoms with Crippen LogP contribution in [0.4, 0.5) is 5.69 Å². The molecular formula is C20H22N2O3. The lowest BCUT2D eigenvalue weighted by atomic mass is 10.1. The number of piperazine rings is 1. The molecule has 0 radical (unpaired) electrons. The van der Waals surface area contributed by atoms with Gasteiger partial charge < -0.3 is 19.3 Å². The first-order chi connectivity index (χ1) is 12.2. The Morgan fingerprint density at radius 2 is 1.84 bits per heavy atom. The number of amides is 1. The zero-order valence-electron chi connectivity index (χ0n) is 14.6. The Hall–Kier alpha value is -2.69. The highest BCUT2D eigenvalue weighted by Gasteiger charge is 2.35. The largest absolute Gasteiger partial charge is 0.493 e. The normalized spacial score (nSPS) is 18.6. The summed E-state index contributed by atoms with van der Waals surface area (Å²) in [5.74, 6) is 1.27. The lowest BCUT2D eigenvalue weighted by molar-refractivity contribution is 0.0725. The fraction of sp³-hybridized carbons (Fsp3) is 0.350. The fourth-order valence-corrected chi connectivity index (χ4v) is 3.90. The molecule has 2 aliphatic rings. The molecule has 25 heavy (non-hydrogen) atoms. The molecule has 0 spiro atoms. The first-order valence-electron chi connectivity index (χ1n) is 8.57.